The van der Waals surface area contributed by atoms with Gasteiger partial charge in [0.2, 0.25) is 11.7 Å². The number of phenolic OH excluding ortho intramolecular Hbond substituents is 1. The summed E-state index contributed by atoms with van der Waals surface area (Å²) in [5.41, 5.74) is 0.000880. The smallest absolute Gasteiger partial charge is 0.224 e. The first-order valence-electron chi connectivity index (χ1n) is 6.57. The fourth-order valence-electron chi connectivity index (χ4n) is 2.28. The second kappa shape index (κ2) is 6.20. The summed E-state index contributed by atoms with van der Waals surface area (Å²) in [7, 11) is 0. The summed E-state index contributed by atoms with van der Waals surface area (Å²) in [4.78, 5) is 11.8. The summed E-state index contributed by atoms with van der Waals surface area (Å²) < 4.78 is 26.0. The van der Waals surface area contributed by atoms with Crippen LogP contribution < -0.4 is 5.32 Å². The van der Waals surface area contributed by atoms with Gasteiger partial charge in [0.15, 0.2) is 11.6 Å². The van der Waals surface area contributed by atoms with E-state index in [0.29, 0.717) is 0 Å². The Morgan fingerprint density at radius 2 is 1.95 bits per heavy atom. The molecule has 5 heteroatoms. The van der Waals surface area contributed by atoms with Crippen LogP contribution in [0.5, 0.6) is 5.75 Å². The molecule has 0 bridgehead atoms. The minimum Gasteiger partial charge on any atom is -0.503 e. The monoisotopic (exact) mass is 285 g/mol. The van der Waals surface area contributed by atoms with Crippen molar-refractivity contribution >= 4 is 11.6 Å². The van der Waals surface area contributed by atoms with Gasteiger partial charge < -0.3 is 10.4 Å². The van der Waals surface area contributed by atoms with E-state index < -0.39 is 17.4 Å². The van der Waals surface area contributed by atoms with Crippen LogP contribution in [0.25, 0.3) is 0 Å². The molecule has 20 heavy (non-hydrogen) atoms. The number of phenols is 1. The Hall–Kier alpha value is -1.65. The molecule has 0 aliphatic rings. The van der Waals surface area contributed by atoms with Gasteiger partial charge in [-0.3, -0.25) is 4.79 Å². The van der Waals surface area contributed by atoms with E-state index in [2.05, 4.69) is 26.1 Å². The number of halogens is 2. The van der Waals surface area contributed by atoms with Gasteiger partial charge in [-0.2, -0.15) is 4.39 Å². The van der Waals surface area contributed by atoms with Gasteiger partial charge in [0.05, 0.1) is 5.69 Å². The quantitative estimate of drug-likeness (QED) is 0.819. The highest BCUT2D eigenvalue weighted by Crippen LogP contribution is 2.29. The minimum absolute atomic E-state index is 0.114. The number of carbonyl (C=O) groups excluding carboxylic acids is 1. The van der Waals surface area contributed by atoms with Gasteiger partial charge in [-0.15, -0.1) is 0 Å². The van der Waals surface area contributed by atoms with Crippen LogP contribution in [0.2, 0.25) is 0 Å². The summed E-state index contributed by atoms with van der Waals surface area (Å²) in [5.74, 6) is -3.56. The molecule has 0 heterocycles. The minimum atomic E-state index is -1.36. The van der Waals surface area contributed by atoms with Crippen molar-refractivity contribution in [3.63, 3.8) is 0 Å². The number of benzene rings is 1. The Morgan fingerprint density at radius 3 is 2.50 bits per heavy atom. The van der Waals surface area contributed by atoms with Crippen molar-refractivity contribution in [1.29, 1.82) is 0 Å². The average molecular weight is 285 g/mol. The summed E-state index contributed by atoms with van der Waals surface area (Å²) in [6.07, 6.45) is 1.12. The van der Waals surface area contributed by atoms with Crippen LogP contribution in [0, 0.1) is 23.0 Å². The molecular weight excluding hydrogens is 264 g/mol. The van der Waals surface area contributed by atoms with E-state index in [-0.39, 0.29) is 29.3 Å². The Bertz CT molecular complexity index is 495. The number of rotatable bonds is 4. The highest BCUT2D eigenvalue weighted by Gasteiger charge is 2.19. The summed E-state index contributed by atoms with van der Waals surface area (Å²) in [6.45, 7) is 8.21. The zero-order chi connectivity index (χ0) is 15.5. The fourth-order valence-corrected chi connectivity index (χ4v) is 2.28. The number of carbonyl (C=O) groups is 1. The molecule has 0 spiro atoms. The zero-order valence-corrected chi connectivity index (χ0v) is 12.3. The molecule has 112 valence electrons. The number of anilines is 1. The molecule has 0 aliphatic heterocycles. The van der Waals surface area contributed by atoms with Crippen LogP contribution in [-0.2, 0) is 4.79 Å². The maximum Gasteiger partial charge on any atom is 0.224 e. The van der Waals surface area contributed by atoms with Crippen LogP contribution in [0.4, 0.5) is 14.5 Å². The van der Waals surface area contributed by atoms with Crippen LogP contribution in [-0.4, -0.2) is 11.0 Å². The molecule has 1 rings (SSSR count). The van der Waals surface area contributed by atoms with Gasteiger partial charge in [0.1, 0.15) is 0 Å². The molecule has 1 aromatic rings. The lowest BCUT2D eigenvalue weighted by Crippen LogP contribution is -2.19. The number of hydrogen-bond acceptors (Lipinski definition) is 2. The van der Waals surface area contributed by atoms with Crippen LogP contribution >= 0.6 is 0 Å². The molecule has 2 N–H and O–H groups in total. The number of nitrogens with one attached hydrogen (secondary N) is 1. The van der Waals surface area contributed by atoms with E-state index in [0.717, 1.165) is 18.6 Å². The van der Waals surface area contributed by atoms with Gasteiger partial charge >= 0.3 is 0 Å². The van der Waals surface area contributed by atoms with E-state index in [4.69, 9.17) is 0 Å². The zero-order valence-electron chi connectivity index (χ0n) is 12.3. The first kappa shape index (κ1) is 16.4. The molecular formula is C15H21F2NO2. The van der Waals surface area contributed by atoms with E-state index in [9.17, 15) is 18.7 Å². The van der Waals surface area contributed by atoms with Gasteiger partial charge in [-0.1, -0.05) is 27.7 Å². The molecule has 1 atom stereocenters. The van der Waals surface area contributed by atoms with E-state index in [1.807, 2.05) is 6.92 Å². The lowest BCUT2D eigenvalue weighted by atomic mass is 9.84. The third kappa shape index (κ3) is 4.79. The van der Waals surface area contributed by atoms with Crippen molar-refractivity contribution in [2.45, 2.75) is 40.5 Å². The molecule has 0 radical (unpaired) electrons. The third-order valence-corrected chi connectivity index (χ3v) is 2.84. The van der Waals surface area contributed by atoms with Crippen molar-refractivity contribution < 1.29 is 18.7 Å². The van der Waals surface area contributed by atoms with Crippen LogP contribution in [0.1, 0.15) is 40.5 Å². The van der Waals surface area contributed by atoms with Crippen molar-refractivity contribution in [2.24, 2.45) is 11.3 Å². The topological polar surface area (TPSA) is 49.3 Å². The lowest BCUT2D eigenvalue weighted by molar-refractivity contribution is -0.117. The predicted octanol–water partition coefficient (Wildman–Crippen LogP) is 4.07. The molecule has 0 fully saturated rings. The maximum atomic E-state index is 13.2. The number of amides is 1. The van der Waals surface area contributed by atoms with Gasteiger partial charge in [-0.25, -0.2) is 4.39 Å². The molecule has 0 aromatic heterocycles. The Kier molecular flexibility index (Phi) is 5.09. The lowest BCUT2D eigenvalue weighted by Gasteiger charge is -2.22. The molecule has 0 saturated carbocycles. The molecule has 3 nitrogen and oxygen atoms in total. The van der Waals surface area contributed by atoms with Gasteiger partial charge in [0.25, 0.3) is 0 Å². The molecule has 0 saturated heterocycles. The highest BCUT2D eigenvalue weighted by molar-refractivity contribution is 5.92. The van der Waals surface area contributed by atoms with Crippen LogP contribution in [0.15, 0.2) is 12.1 Å². The van der Waals surface area contributed by atoms with Crippen molar-refractivity contribution in [3.05, 3.63) is 23.8 Å². The third-order valence-electron chi connectivity index (χ3n) is 2.84. The Morgan fingerprint density at radius 1 is 1.35 bits per heavy atom. The Labute approximate surface area is 118 Å². The fraction of sp³-hybridized carbons (Fsp3) is 0.533. The van der Waals surface area contributed by atoms with Crippen molar-refractivity contribution in [2.75, 3.05) is 5.32 Å². The summed E-state index contributed by atoms with van der Waals surface area (Å²) >= 11 is 0. The summed E-state index contributed by atoms with van der Waals surface area (Å²) in [5, 5.41) is 11.8. The molecule has 1 amide bonds. The molecule has 1 unspecified atom stereocenters. The second-order valence-electron chi connectivity index (χ2n) is 6.38. The first-order chi connectivity index (χ1) is 9.10. The average Bonchev–Trinajstić information content (AvgIpc) is 2.27. The van der Waals surface area contributed by atoms with E-state index >= 15 is 0 Å². The van der Waals surface area contributed by atoms with Gasteiger partial charge in [0, 0.05) is 6.42 Å². The first-order valence-corrected chi connectivity index (χ1v) is 6.57. The van der Waals surface area contributed by atoms with E-state index in [1.165, 1.54) is 0 Å². The molecule has 1 aromatic carbocycles. The van der Waals surface area contributed by atoms with Crippen molar-refractivity contribution in [3.8, 4) is 5.75 Å². The SMILES string of the molecule is CC(CC(=O)Nc1ccc(F)c(F)c1O)CC(C)(C)C. The normalized spacial score (nSPS) is 13.1. The van der Waals surface area contributed by atoms with Crippen molar-refractivity contribution in [1.82, 2.24) is 0 Å². The number of aromatic hydroxyl groups is 1. The highest BCUT2D eigenvalue weighted by atomic mass is 19.2. The van der Waals surface area contributed by atoms with Gasteiger partial charge in [-0.05, 0) is 29.9 Å². The van der Waals surface area contributed by atoms with Crippen LogP contribution in [0.3, 0.4) is 0 Å². The Balaban J connectivity index is 2.66. The standard InChI is InChI=1S/C15H21F2NO2/c1-9(8-15(2,3)4)7-12(19)18-11-6-5-10(16)13(17)14(11)20/h5-6,9,20H,7-8H2,1-4H3,(H,18,19). The predicted molar refractivity (Wildman–Crippen MR) is 74.5 cm³/mol. The second-order valence-corrected chi connectivity index (χ2v) is 6.38. The number of hydrogen-bond donors (Lipinski definition) is 2. The van der Waals surface area contributed by atoms with E-state index in [1.54, 1.807) is 0 Å². The summed E-state index contributed by atoms with van der Waals surface area (Å²) in [6, 6.07) is 2.00. The largest absolute Gasteiger partial charge is 0.503 e. The molecule has 0 aliphatic carbocycles. The maximum absolute atomic E-state index is 13.2.